The lowest BCUT2D eigenvalue weighted by molar-refractivity contribution is 0.0530. The minimum atomic E-state index is -0.628. The topological polar surface area (TPSA) is 47.6 Å². The van der Waals surface area contributed by atoms with E-state index in [0.717, 1.165) is 10.6 Å². The Bertz CT molecular complexity index is 526. The van der Waals surface area contributed by atoms with Crippen LogP contribution in [0.5, 0.6) is 5.75 Å². The highest BCUT2D eigenvalue weighted by atomic mass is 32.2. The number of rotatable bonds is 6. The average molecular weight is 327 g/mol. The predicted molar refractivity (Wildman–Crippen MR) is 87.1 cm³/mol. The van der Waals surface area contributed by atoms with Gasteiger partial charge in [-0.25, -0.2) is 9.18 Å². The zero-order valence-corrected chi connectivity index (χ0v) is 14.1. The van der Waals surface area contributed by atoms with E-state index in [1.165, 1.54) is 17.8 Å². The van der Waals surface area contributed by atoms with Crippen LogP contribution in [-0.2, 0) is 4.74 Å². The van der Waals surface area contributed by atoms with Gasteiger partial charge in [-0.05, 0) is 45.0 Å². The molecular formula is C16H22FNO3S. The van der Waals surface area contributed by atoms with E-state index in [1.54, 1.807) is 27.9 Å². The molecule has 122 valence electrons. The van der Waals surface area contributed by atoms with Crippen molar-refractivity contribution < 1.29 is 18.7 Å². The maximum Gasteiger partial charge on any atom is 0.408 e. The number of benzene rings is 1. The van der Waals surface area contributed by atoms with E-state index in [2.05, 4.69) is 5.32 Å². The first-order chi connectivity index (χ1) is 10.3. The van der Waals surface area contributed by atoms with Crippen LogP contribution in [0.4, 0.5) is 9.18 Å². The summed E-state index contributed by atoms with van der Waals surface area (Å²) in [4.78, 5) is 12.4. The number of carbonyl (C=O) groups is 1. The molecule has 0 aliphatic rings. The summed E-state index contributed by atoms with van der Waals surface area (Å²) < 4.78 is 23.7. The van der Waals surface area contributed by atoms with Gasteiger partial charge < -0.3 is 14.8 Å². The molecule has 0 saturated heterocycles. The number of amides is 1. The van der Waals surface area contributed by atoms with E-state index in [0.29, 0.717) is 5.75 Å². The van der Waals surface area contributed by atoms with Crippen LogP contribution in [0.25, 0.3) is 0 Å². The normalized spacial score (nSPS) is 12.0. The molecule has 0 heterocycles. The van der Waals surface area contributed by atoms with Gasteiger partial charge >= 0.3 is 6.09 Å². The number of methoxy groups -OCH3 is 1. The molecule has 0 saturated carbocycles. The lowest BCUT2D eigenvalue weighted by Gasteiger charge is -2.19. The monoisotopic (exact) mass is 327 g/mol. The highest BCUT2D eigenvalue weighted by molar-refractivity contribution is 7.99. The molecule has 0 fully saturated rings. The van der Waals surface area contributed by atoms with E-state index >= 15 is 0 Å². The van der Waals surface area contributed by atoms with E-state index in [1.807, 2.05) is 24.3 Å². The summed E-state index contributed by atoms with van der Waals surface area (Å²) in [5.74, 6) is 0.831. The fraction of sp³-hybridized carbons (Fsp3) is 0.438. The Hall–Kier alpha value is -1.69. The number of hydrogen-bond acceptors (Lipinski definition) is 4. The molecule has 0 unspecified atom stereocenters. The number of alkyl carbamates (subject to hydrolysis) is 1. The van der Waals surface area contributed by atoms with Crippen molar-refractivity contribution in [1.82, 2.24) is 5.32 Å². The summed E-state index contributed by atoms with van der Waals surface area (Å²) in [5, 5.41) is 2.37. The van der Waals surface area contributed by atoms with Crippen LogP contribution in [0.3, 0.4) is 0 Å². The molecule has 0 aromatic heterocycles. The van der Waals surface area contributed by atoms with Crippen molar-refractivity contribution >= 4 is 17.9 Å². The molecule has 1 aromatic carbocycles. The molecule has 1 rings (SSSR count). The first kappa shape index (κ1) is 18.4. The Morgan fingerprint density at radius 3 is 2.77 bits per heavy atom. The van der Waals surface area contributed by atoms with E-state index in [4.69, 9.17) is 9.47 Å². The van der Waals surface area contributed by atoms with Crippen LogP contribution in [-0.4, -0.2) is 31.1 Å². The number of hydrogen-bond donors (Lipinski definition) is 1. The fourth-order valence-electron chi connectivity index (χ4n) is 1.46. The van der Waals surface area contributed by atoms with Crippen molar-refractivity contribution in [3.63, 3.8) is 0 Å². The summed E-state index contributed by atoms with van der Waals surface area (Å²) in [6.45, 7) is 5.09. The molecule has 0 aliphatic carbocycles. The van der Waals surface area contributed by atoms with Gasteiger partial charge in [0, 0.05) is 10.6 Å². The molecular weight excluding hydrogens is 305 g/mol. The van der Waals surface area contributed by atoms with Gasteiger partial charge in [0.05, 0.1) is 13.7 Å². The smallest absolute Gasteiger partial charge is 0.408 e. The number of carbonyl (C=O) groups excluding carboxylic acids is 1. The number of nitrogens with one attached hydrogen (secondary N) is 1. The van der Waals surface area contributed by atoms with Crippen LogP contribution in [0, 0.1) is 0 Å². The highest BCUT2D eigenvalue weighted by Crippen LogP contribution is 2.23. The summed E-state index contributed by atoms with van der Waals surface area (Å²) in [6, 6.07) is 7.55. The Labute approximate surface area is 135 Å². The van der Waals surface area contributed by atoms with Gasteiger partial charge in [-0.3, -0.25) is 0 Å². The van der Waals surface area contributed by atoms with E-state index < -0.39 is 17.5 Å². The third-order valence-electron chi connectivity index (χ3n) is 2.40. The molecule has 6 heteroatoms. The van der Waals surface area contributed by atoms with Crippen molar-refractivity contribution in [2.45, 2.75) is 31.3 Å². The fourth-order valence-corrected chi connectivity index (χ4v) is 2.29. The molecule has 0 radical (unpaired) electrons. The van der Waals surface area contributed by atoms with Crippen molar-refractivity contribution in [1.29, 1.82) is 0 Å². The first-order valence-electron chi connectivity index (χ1n) is 6.88. The van der Waals surface area contributed by atoms with E-state index in [-0.39, 0.29) is 6.54 Å². The molecule has 1 aromatic rings. The summed E-state index contributed by atoms with van der Waals surface area (Å²) in [6.07, 6.45) is 0.804. The van der Waals surface area contributed by atoms with Gasteiger partial charge in [0.1, 0.15) is 17.2 Å². The third kappa shape index (κ3) is 7.93. The molecule has 22 heavy (non-hydrogen) atoms. The van der Waals surface area contributed by atoms with Gasteiger partial charge in [0.25, 0.3) is 0 Å². The quantitative estimate of drug-likeness (QED) is 0.797. The third-order valence-corrected chi connectivity index (χ3v) is 3.32. The van der Waals surface area contributed by atoms with Crippen LogP contribution in [0.2, 0.25) is 0 Å². The van der Waals surface area contributed by atoms with Gasteiger partial charge in [-0.15, -0.1) is 11.8 Å². The Morgan fingerprint density at radius 2 is 2.14 bits per heavy atom. The Balaban J connectivity index is 2.35. The minimum absolute atomic E-state index is 0.173. The lowest BCUT2D eigenvalue weighted by atomic mass is 10.2. The van der Waals surface area contributed by atoms with Crippen molar-refractivity contribution in [3.05, 3.63) is 36.2 Å². The largest absolute Gasteiger partial charge is 0.497 e. The summed E-state index contributed by atoms with van der Waals surface area (Å²) in [5.41, 5.74) is -0.591. The second-order valence-corrected chi connectivity index (χ2v) is 6.59. The lowest BCUT2D eigenvalue weighted by Crippen LogP contribution is -2.33. The van der Waals surface area contributed by atoms with Crippen molar-refractivity contribution in [3.8, 4) is 5.75 Å². The molecule has 0 spiro atoms. The van der Waals surface area contributed by atoms with E-state index in [9.17, 15) is 9.18 Å². The van der Waals surface area contributed by atoms with Crippen molar-refractivity contribution in [2.75, 3.05) is 19.4 Å². The van der Waals surface area contributed by atoms with Crippen LogP contribution < -0.4 is 10.1 Å². The zero-order valence-electron chi connectivity index (χ0n) is 13.3. The van der Waals surface area contributed by atoms with Gasteiger partial charge in [-0.1, -0.05) is 6.07 Å². The van der Waals surface area contributed by atoms with Crippen LogP contribution >= 0.6 is 11.8 Å². The number of thioether (sulfide) groups is 1. The maximum atomic E-state index is 13.6. The molecule has 0 atom stereocenters. The molecule has 0 aliphatic heterocycles. The van der Waals surface area contributed by atoms with Crippen LogP contribution in [0.15, 0.2) is 41.1 Å². The number of ether oxygens (including phenoxy) is 2. The minimum Gasteiger partial charge on any atom is -0.497 e. The highest BCUT2D eigenvalue weighted by Gasteiger charge is 2.15. The standard InChI is InChI=1S/C16H22FNO3S/c1-16(2,3)21-15(19)18-11-12(17)8-9-22-14-7-5-6-13(10-14)20-4/h5-8,10H,9,11H2,1-4H3,(H,18,19). The van der Waals surface area contributed by atoms with Gasteiger partial charge in [0.2, 0.25) is 0 Å². The Morgan fingerprint density at radius 1 is 1.41 bits per heavy atom. The summed E-state index contributed by atoms with van der Waals surface area (Å²) in [7, 11) is 1.60. The molecule has 0 bridgehead atoms. The summed E-state index contributed by atoms with van der Waals surface area (Å²) >= 11 is 1.48. The number of halogens is 1. The van der Waals surface area contributed by atoms with Crippen molar-refractivity contribution in [2.24, 2.45) is 0 Å². The molecule has 4 nitrogen and oxygen atoms in total. The first-order valence-corrected chi connectivity index (χ1v) is 7.87. The van der Waals surface area contributed by atoms with Crippen LogP contribution in [0.1, 0.15) is 20.8 Å². The average Bonchev–Trinajstić information content (AvgIpc) is 2.43. The second kappa shape index (κ2) is 8.68. The van der Waals surface area contributed by atoms with Gasteiger partial charge in [-0.2, -0.15) is 0 Å². The van der Waals surface area contributed by atoms with Gasteiger partial charge in [0.15, 0.2) is 0 Å². The second-order valence-electron chi connectivity index (χ2n) is 5.50. The maximum absolute atomic E-state index is 13.6. The Kier molecular flexibility index (Phi) is 7.24. The SMILES string of the molecule is COc1cccc(SCC=C(F)CNC(=O)OC(C)(C)C)c1. The molecule has 1 amide bonds. The zero-order chi connectivity index (χ0) is 16.6. The predicted octanol–water partition coefficient (Wildman–Crippen LogP) is 4.17. The molecule has 1 N–H and O–H groups in total.